The quantitative estimate of drug-likeness (QED) is 0.363. The maximum absolute atomic E-state index is 13.0. The Morgan fingerprint density at radius 2 is 1.71 bits per heavy atom. The van der Waals surface area contributed by atoms with E-state index in [1.165, 1.54) is 18.4 Å². The van der Waals surface area contributed by atoms with Crippen molar-refractivity contribution in [2.75, 3.05) is 27.3 Å². The SMILES string of the molecule is CCCCCCC(=O)N(CCc1ccc(OC)c(OC)c1)CC(C)=Cc1ccccc1. The molecule has 0 heterocycles. The molecule has 0 unspecified atom stereocenters. The predicted octanol–water partition coefficient (Wildman–Crippen LogP) is 6.15. The van der Waals surface area contributed by atoms with Crippen molar-refractivity contribution >= 4 is 12.0 Å². The van der Waals surface area contributed by atoms with Crippen LogP contribution in [0.1, 0.15) is 57.1 Å². The maximum atomic E-state index is 13.0. The molecule has 0 spiro atoms. The molecule has 1 amide bonds. The summed E-state index contributed by atoms with van der Waals surface area (Å²) in [5.41, 5.74) is 3.47. The molecule has 2 rings (SSSR count). The highest BCUT2D eigenvalue weighted by Crippen LogP contribution is 2.27. The molecule has 31 heavy (non-hydrogen) atoms. The highest BCUT2D eigenvalue weighted by Gasteiger charge is 2.14. The van der Waals surface area contributed by atoms with Gasteiger partial charge < -0.3 is 14.4 Å². The Bertz CT molecular complexity index is 830. The number of hydrogen-bond acceptors (Lipinski definition) is 3. The van der Waals surface area contributed by atoms with Gasteiger partial charge in [-0.3, -0.25) is 4.79 Å². The lowest BCUT2D eigenvalue weighted by Gasteiger charge is -2.24. The fraction of sp³-hybridized carbons (Fsp3) is 0.444. The molecule has 2 aromatic carbocycles. The van der Waals surface area contributed by atoms with Crippen molar-refractivity contribution in [3.8, 4) is 11.5 Å². The fourth-order valence-corrected chi connectivity index (χ4v) is 3.63. The van der Waals surface area contributed by atoms with Crippen LogP contribution in [0, 0.1) is 0 Å². The van der Waals surface area contributed by atoms with E-state index >= 15 is 0 Å². The first-order valence-electron chi connectivity index (χ1n) is 11.3. The normalized spacial score (nSPS) is 11.3. The molecule has 0 N–H and O–H groups in total. The van der Waals surface area contributed by atoms with Crippen LogP contribution in [-0.4, -0.2) is 38.1 Å². The smallest absolute Gasteiger partial charge is 0.222 e. The van der Waals surface area contributed by atoms with E-state index in [-0.39, 0.29) is 5.91 Å². The minimum absolute atomic E-state index is 0.234. The van der Waals surface area contributed by atoms with Crippen LogP contribution in [0.2, 0.25) is 0 Å². The molecule has 0 aliphatic heterocycles. The van der Waals surface area contributed by atoms with Crippen LogP contribution in [0.3, 0.4) is 0 Å². The lowest BCUT2D eigenvalue weighted by atomic mass is 10.1. The first-order chi connectivity index (χ1) is 15.1. The van der Waals surface area contributed by atoms with Gasteiger partial charge in [0.25, 0.3) is 0 Å². The van der Waals surface area contributed by atoms with E-state index in [1.54, 1.807) is 14.2 Å². The molecule has 0 fully saturated rings. The molecule has 2 aromatic rings. The van der Waals surface area contributed by atoms with Gasteiger partial charge in [0.05, 0.1) is 14.2 Å². The second-order valence-corrected chi connectivity index (χ2v) is 7.97. The molecular weight excluding hydrogens is 386 g/mol. The average Bonchev–Trinajstić information content (AvgIpc) is 2.79. The molecule has 4 nitrogen and oxygen atoms in total. The summed E-state index contributed by atoms with van der Waals surface area (Å²) in [6.45, 7) is 5.62. The van der Waals surface area contributed by atoms with Crippen LogP contribution in [0.4, 0.5) is 0 Å². The standard InChI is InChI=1S/C27H37NO3/c1-5-6-7-11-14-27(29)28(21-22(2)19-23-12-9-8-10-13-23)18-17-24-15-16-25(30-3)26(20-24)31-4/h8-10,12-13,15-16,19-20H,5-7,11,14,17-18,21H2,1-4H3. The molecule has 168 valence electrons. The number of ether oxygens (including phenoxy) is 2. The van der Waals surface area contributed by atoms with Gasteiger partial charge in [0, 0.05) is 19.5 Å². The third-order valence-electron chi connectivity index (χ3n) is 5.37. The van der Waals surface area contributed by atoms with Crippen molar-refractivity contribution in [1.29, 1.82) is 0 Å². The summed E-state index contributed by atoms with van der Waals surface area (Å²) in [5.74, 6) is 1.67. The van der Waals surface area contributed by atoms with Crippen LogP contribution >= 0.6 is 0 Å². The highest BCUT2D eigenvalue weighted by molar-refractivity contribution is 5.76. The number of methoxy groups -OCH3 is 2. The first kappa shape index (κ1) is 24.5. The Hall–Kier alpha value is -2.75. The van der Waals surface area contributed by atoms with Gasteiger partial charge in [0.1, 0.15) is 0 Å². The fourth-order valence-electron chi connectivity index (χ4n) is 3.63. The monoisotopic (exact) mass is 423 g/mol. The van der Waals surface area contributed by atoms with Gasteiger partial charge in [0.15, 0.2) is 11.5 Å². The zero-order valence-electron chi connectivity index (χ0n) is 19.5. The Kier molecular flexibility index (Phi) is 10.7. The largest absolute Gasteiger partial charge is 0.493 e. The molecular formula is C27H37NO3. The zero-order valence-corrected chi connectivity index (χ0v) is 19.5. The lowest BCUT2D eigenvalue weighted by Crippen LogP contribution is -2.34. The average molecular weight is 424 g/mol. The molecule has 0 radical (unpaired) electrons. The van der Waals surface area contributed by atoms with Gasteiger partial charge in [-0.15, -0.1) is 0 Å². The van der Waals surface area contributed by atoms with Crippen molar-refractivity contribution in [3.63, 3.8) is 0 Å². The van der Waals surface area contributed by atoms with Gasteiger partial charge in [0.2, 0.25) is 5.91 Å². The summed E-state index contributed by atoms with van der Waals surface area (Å²) in [6.07, 6.45) is 7.99. The van der Waals surface area contributed by atoms with Crippen molar-refractivity contribution in [3.05, 3.63) is 65.2 Å². The number of carbonyl (C=O) groups is 1. The van der Waals surface area contributed by atoms with Gasteiger partial charge in [-0.1, -0.05) is 74.2 Å². The van der Waals surface area contributed by atoms with Crippen molar-refractivity contribution < 1.29 is 14.3 Å². The molecule has 0 saturated carbocycles. The molecule has 4 heteroatoms. The molecule has 0 saturated heterocycles. The van der Waals surface area contributed by atoms with Crippen LogP contribution in [0.25, 0.3) is 6.08 Å². The Labute approximate surface area is 187 Å². The minimum atomic E-state index is 0.234. The third-order valence-corrected chi connectivity index (χ3v) is 5.37. The van der Waals surface area contributed by atoms with Crippen molar-refractivity contribution in [1.82, 2.24) is 4.90 Å². The first-order valence-corrected chi connectivity index (χ1v) is 11.3. The number of benzene rings is 2. The topological polar surface area (TPSA) is 38.8 Å². The van der Waals surface area contributed by atoms with E-state index in [2.05, 4.69) is 32.1 Å². The van der Waals surface area contributed by atoms with E-state index in [1.807, 2.05) is 41.3 Å². The summed E-state index contributed by atoms with van der Waals surface area (Å²) in [5, 5.41) is 0. The Balaban J connectivity index is 2.07. The molecule has 0 atom stereocenters. The van der Waals surface area contributed by atoms with Gasteiger partial charge in [-0.05, 0) is 43.0 Å². The summed E-state index contributed by atoms with van der Waals surface area (Å²) in [4.78, 5) is 15.0. The Morgan fingerprint density at radius 3 is 2.39 bits per heavy atom. The third kappa shape index (κ3) is 8.49. The van der Waals surface area contributed by atoms with Crippen LogP contribution in [0.5, 0.6) is 11.5 Å². The number of rotatable bonds is 13. The van der Waals surface area contributed by atoms with E-state index in [0.29, 0.717) is 19.5 Å². The maximum Gasteiger partial charge on any atom is 0.222 e. The molecule has 0 aromatic heterocycles. The van der Waals surface area contributed by atoms with Crippen LogP contribution in [0.15, 0.2) is 54.1 Å². The number of unbranched alkanes of at least 4 members (excludes halogenated alkanes) is 3. The second-order valence-electron chi connectivity index (χ2n) is 7.97. The molecule has 0 bridgehead atoms. The van der Waals surface area contributed by atoms with Gasteiger partial charge in [-0.25, -0.2) is 0 Å². The Morgan fingerprint density at radius 1 is 0.968 bits per heavy atom. The lowest BCUT2D eigenvalue weighted by molar-refractivity contribution is -0.130. The van der Waals surface area contributed by atoms with Crippen molar-refractivity contribution in [2.24, 2.45) is 0 Å². The van der Waals surface area contributed by atoms with Crippen LogP contribution < -0.4 is 9.47 Å². The summed E-state index contributed by atoms with van der Waals surface area (Å²) >= 11 is 0. The van der Waals surface area contributed by atoms with E-state index in [4.69, 9.17) is 9.47 Å². The van der Waals surface area contributed by atoms with E-state index in [0.717, 1.165) is 41.9 Å². The summed E-state index contributed by atoms with van der Waals surface area (Å²) in [7, 11) is 3.28. The molecule has 0 aliphatic carbocycles. The molecule has 0 aliphatic rings. The summed E-state index contributed by atoms with van der Waals surface area (Å²) in [6, 6.07) is 16.2. The van der Waals surface area contributed by atoms with E-state index in [9.17, 15) is 4.79 Å². The van der Waals surface area contributed by atoms with Crippen LogP contribution in [-0.2, 0) is 11.2 Å². The minimum Gasteiger partial charge on any atom is -0.493 e. The second kappa shape index (κ2) is 13.5. The van der Waals surface area contributed by atoms with Gasteiger partial charge >= 0.3 is 0 Å². The predicted molar refractivity (Wildman–Crippen MR) is 129 cm³/mol. The number of hydrogen-bond donors (Lipinski definition) is 0. The number of carbonyl (C=O) groups excluding carboxylic acids is 1. The van der Waals surface area contributed by atoms with E-state index < -0.39 is 0 Å². The zero-order chi connectivity index (χ0) is 22.5. The highest BCUT2D eigenvalue weighted by atomic mass is 16.5. The number of amides is 1. The summed E-state index contributed by atoms with van der Waals surface area (Å²) < 4.78 is 10.8. The number of nitrogens with zero attached hydrogens (tertiary/aromatic N) is 1. The van der Waals surface area contributed by atoms with Gasteiger partial charge in [-0.2, -0.15) is 0 Å². The van der Waals surface area contributed by atoms with Crippen molar-refractivity contribution in [2.45, 2.75) is 52.4 Å².